The molecule has 0 amide bonds. The van der Waals surface area contributed by atoms with Crippen LogP contribution in [0.4, 0.5) is 13.2 Å². The average Bonchev–Trinajstić information content (AvgIpc) is 2.59. The Morgan fingerprint density at radius 1 is 1.22 bits per heavy atom. The zero-order chi connectivity index (χ0) is 20.6. The van der Waals surface area contributed by atoms with Gasteiger partial charge in [-0.1, -0.05) is 18.2 Å². The van der Waals surface area contributed by atoms with Crippen molar-refractivity contribution in [3.05, 3.63) is 35.9 Å². The first-order chi connectivity index (χ1) is 12.6. The maximum Gasteiger partial charge on any atom is 0.490 e. The summed E-state index contributed by atoms with van der Waals surface area (Å²) in [5.41, 5.74) is 0.786. The smallest absolute Gasteiger partial charge is 0.490 e. The molecule has 0 radical (unpaired) electrons. The fraction of sp³-hybridized carbons (Fsp3) is 0.188. The van der Waals surface area contributed by atoms with E-state index in [2.05, 4.69) is 5.10 Å². The van der Waals surface area contributed by atoms with Gasteiger partial charge >= 0.3 is 18.1 Å². The molecule has 0 fully saturated rings. The van der Waals surface area contributed by atoms with Crippen molar-refractivity contribution < 1.29 is 42.4 Å². The third kappa shape index (κ3) is 6.38. The molecular formula is C16H15F3N2O6. The van der Waals surface area contributed by atoms with Gasteiger partial charge in [0, 0.05) is 5.39 Å². The van der Waals surface area contributed by atoms with Crippen molar-refractivity contribution in [3.63, 3.8) is 0 Å². The Morgan fingerprint density at radius 2 is 1.81 bits per heavy atom. The van der Waals surface area contributed by atoms with Crippen LogP contribution in [0.3, 0.4) is 0 Å². The van der Waals surface area contributed by atoms with Crippen molar-refractivity contribution in [2.75, 3.05) is 13.7 Å². The van der Waals surface area contributed by atoms with Crippen LogP contribution in [0.2, 0.25) is 0 Å². The minimum Gasteiger partial charge on any atom is -0.493 e. The first kappa shape index (κ1) is 21.5. The van der Waals surface area contributed by atoms with Crippen LogP contribution >= 0.6 is 0 Å². The van der Waals surface area contributed by atoms with Crippen LogP contribution in [0, 0.1) is 0 Å². The van der Waals surface area contributed by atoms with E-state index in [1.165, 1.54) is 13.3 Å². The summed E-state index contributed by atoms with van der Waals surface area (Å²) in [6, 6.07) is 9.14. The number of nitrogens with zero attached hydrogens (tertiary/aromatic N) is 1. The van der Waals surface area contributed by atoms with Crippen molar-refractivity contribution in [2.45, 2.75) is 6.18 Å². The Labute approximate surface area is 150 Å². The molecule has 2 aromatic rings. The topological polar surface area (TPSA) is 131 Å². The fourth-order valence-electron chi connectivity index (χ4n) is 1.90. The predicted molar refractivity (Wildman–Crippen MR) is 89.1 cm³/mol. The van der Waals surface area contributed by atoms with Crippen molar-refractivity contribution in [2.24, 2.45) is 10.9 Å². The number of hydrogen-bond acceptors (Lipinski definition) is 6. The third-order valence-corrected chi connectivity index (χ3v) is 2.99. The number of carboxylic acid groups (broad SMARTS) is 2. The number of ether oxygens (including phenoxy) is 2. The van der Waals surface area contributed by atoms with Gasteiger partial charge in [-0.05, 0) is 23.1 Å². The van der Waals surface area contributed by atoms with Gasteiger partial charge in [0.25, 0.3) is 0 Å². The van der Waals surface area contributed by atoms with Crippen LogP contribution in [0.25, 0.3) is 10.8 Å². The molecule has 0 aliphatic carbocycles. The number of benzene rings is 2. The summed E-state index contributed by atoms with van der Waals surface area (Å²) in [6.45, 7) is -0.440. The molecule has 0 saturated heterocycles. The Morgan fingerprint density at radius 3 is 2.30 bits per heavy atom. The van der Waals surface area contributed by atoms with Gasteiger partial charge < -0.3 is 25.5 Å². The lowest BCUT2D eigenvalue weighted by atomic mass is 10.1. The second-order valence-electron chi connectivity index (χ2n) is 4.84. The summed E-state index contributed by atoms with van der Waals surface area (Å²) in [5.74, 6) is 2.19. The van der Waals surface area contributed by atoms with Gasteiger partial charge in [-0.2, -0.15) is 18.3 Å². The molecule has 0 aliphatic heterocycles. The van der Waals surface area contributed by atoms with E-state index in [0.29, 0.717) is 11.5 Å². The summed E-state index contributed by atoms with van der Waals surface area (Å²) in [5, 5.41) is 21.0. The van der Waals surface area contributed by atoms with Gasteiger partial charge in [0.05, 0.1) is 13.3 Å². The molecule has 2 rings (SSSR count). The highest BCUT2D eigenvalue weighted by Gasteiger charge is 2.38. The van der Waals surface area contributed by atoms with E-state index in [1.807, 2.05) is 24.3 Å². The molecular weight excluding hydrogens is 373 g/mol. The van der Waals surface area contributed by atoms with Crippen LogP contribution in [0.15, 0.2) is 35.4 Å². The standard InChI is InChI=1S/C14H14N2O4.C2HF3O2/c1-19-12-5-4-10-3-2-9(7-16-15)6-11(10)14(12)20-8-13(17)18;3-2(4,5)1(6)7/h2-7H,8,15H2,1H3,(H,17,18);(H,6,7)/b16-7-;. The number of nitrogens with two attached hydrogens (primary N) is 1. The van der Waals surface area contributed by atoms with Crippen LogP contribution in [0.1, 0.15) is 5.56 Å². The molecule has 0 aromatic heterocycles. The van der Waals surface area contributed by atoms with E-state index < -0.39 is 24.7 Å². The molecule has 0 bridgehead atoms. The largest absolute Gasteiger partial charge is 0.493 e. The SMILES string of the molecule is COc1ccc2ccc(/C=N\N)cc2c1OCC(=O)O.O=C(O)C(F)(F)F. The molecule has 0 spiro atoms. The lowest BCUT2D eigenvalue weighted by Gasteiger charge is -2.12. The van der Waals surface area contributed by atoms with Gasteiger partial charge in [-0.15, -0.1) is 0 Å². The highest BCUT2D eigenvalue weighted by molar-refractivity contribution is 5.95. The van der Waals surface area contributed by atoms with Gasteiger partial charge in [0.1, 0.15) is 0 Å². The van der Waals surface area contributed by atoms with Crippen LogP contribution in [-0.4, -0.2) is 48.3 Å². The van der Waals surface area contributed by atoms with E-state index in [1.54, 1.807) is 6.07 Å². The molecule has 0 atom stereocenters. The molecule has 0 aliphatic rings. The summed E-state index contributed by atoms with van der Waals surface area (Å²) in [7, 11) is 1.50. The number of fused-ring (bicyclic) bond motifs is 1. The number of methoxy groups -OCH3 is 1. The van der Waals surface area contributed by atoms with E-state index >= 15 is 0 Å². The Bertz CT molecular complexity index is 852. The summed E-state index contributed by atoms with van der Waals surface area (Å²) >= 11 is 0. The van der Waals surface area contributed by atoms with E-state index in [4.69, 9.17) is 30.3 Å². The number of alkyl halides is 3. The zero-order valence-electron chi connectivity index (χ0n) is 13.9. The lowest BCUT2D eigenvalue weighted by molar-refractivity contribution is -0.192. The van der Waals surface area contributed by atoms with Crippen LogP contribution in [0.5, 0.6) is 11.5 Å². The maximum atomic E-state index is 10.7. The molecule has 4 N–H and O–H groups in total. The van der Waals surface area contributed by atoms with Gasteiger partial charge in [0.2, 0.25) is 0 Å². The highest BCUT2D eigenvalue weighted by Crippen LogP contribution is 2.35. The summed E-state index contributed by atoms with van der Waals surface area (Å²) in [4.78, 5) is 19.6. The molecule has 0 heterocycles. The number of hydrogen-bond donors (Lipinski definition) is 3. The molecule has 0 saturated carbocycles. The predicted octanol–water partition coefficient (Wildman–Crippen LogP) is 2.24. The van der Waals surface area contributed by atoms with Gasteiger partial charge in [-0.25, -0.2) is 9.59 Å². The minimum absolute atomic E-state index is 0.389. The first-order valence-electron chi connectivity index (χ1n) is 7.08. The zero-order valence-corrected chi connectivity index (χ0v) is 13.9. The molecule has 27 heavy (non-hydrogen) atoms. The number of carbonyl (C=O) groups is 2. The minimum atomic E-state index is -5.08. The second-order valence-corrected chi connectivity index (χ2v) is 4.84. The molecule has 11 heteroatoms. The molecule has 8 nitrogen and oxygen atoms in total. The highest BCUT2D eigenvalue weighted by atomic mass is 19.4. The number of carboxylic acids is 2. The Kier molecular flexibility index (Phi) is 7.39. The average molecular weight is 388 g/mol. The van der Waals surface area contributed by atoms with Gasteiger partial charge in [0.15, 0.2) is 18.1 Å². The van der Waals surface area contributed by atoms with Crippen molar-refractivity contribution >= 4 is 28.9 Å². The quantitative estimate of drug-likeness (QED) is 0.407. The van der Waals surface area contributed by atoms with E-state index in [9.17, 15) is 18.0 Å². The molecule has 146 valence electrons. The van der Waals surface area contributed by atoms with Crippen LogP contribution < -0.4 is 15.3 Å². The fourth-order valence-corrected chi connectivity index (χ4v) is 1.90. The Balaban J connectivity index is 0.000000445. The normalized spacial score (nSPS) is 11.0. The summed E-state index contributed by atoms with van der Waals surface area (Å²) < 4.78 is 42.3. The van der Waals surface area contributed by atoms with E-state index in [0.717, 1.165) is 16.3 Å². The maximum absolute atomic E-state index is 10.7. The molecule has 2 aromatic carbocycles. The number of aliphatic carboxylic acids is 2. The Hall–Kier alpha value is -3.50. The molecule has 0 unspecified atom stereocenters. The lowest BCUT2D eigenvalue weighted by Crippen LogP contribution is -2.21. The number of rotatable bonds is 5. The summed E-state index contributed by atoms with van der Waals surface area (Å²) in [6.07, 6.45) is -3.58. The van der Waals surface area contributed by atoms with Crippen molar-refractivity contribution in [1.82, 2.24) is 0 Å². The van der Waals surface area contributed by atoms with Gasteiger partial charge in [-0.3, -0.25) is 0 Å². The van der Waals surface area contributed by atoms with Crippen molar-refractivity contribution in [3.8, 4) is 11.5 Å². The van der Waals surface area contributed by atoms with Crippen molar-refractivity contribution in [1.29, 1.82) is 0 Å². The first-order valence-corrected chi connectivity index (χ1v) is 7.08. The monoisotopic (exact) mass is 388 g/mol. The second kappa shape index (κ2) is 9.27. The number of hydrazone groups is 1. The van der Waals surface area contributed by atoms with E-state index in [-0.39, 0.29) is 0 Å². The number of halogens is 3. The van der Waals surface area contributed by atoms with Crippen LogP contribution in [-0.2, 0) is 9.59 Å². The third-order valence-electron chi connectivity index (χ3n) is 2.99.